The number of benzene rings is 3. The summed E-state index contributed by atoms with van der Waals surface area (Å²) >= 11 is 0. The molecule has 0 aliphatic carbocycles. The van der Waals surface area contributed by atoms with Crippen molar-refractivity contribution in [2.45, 2.75) is 62.8 Å². The van der Waals surface area contributed by atoms with Crippen LogP contribution in [0.15, 0.2) is 72.9 Å². The topological polar surface area (TPSA) is 169 Å². The van der Waals surface area contributed by atoms with E-state index in [2.05, 4.69) is 41.0 Å². The van der Waals surface area contributed by atoms with Crippen LogP contribution in [0.5, 0.6) is 5.75 Å². The second-order valence-corrected chi connectivity index (χ2v) is 17.0. The maximum Gasteiger partial charge on any atom is 0.419 e. The zero-order chi connectivity index (χ0) is 44.9. The molecule has 3 atom stereocenters. The number of anilines is 6. The molecule has 4 saturated heterocycles. The number of fused-ring (bicyclic) bond motifs is 3. The quantitative estimate of drug-likeness (QED) is 0.131. The number of pyridine rings is 1. The van der Waals surface area contributed by atoms with Crippen molar-refractivity contribution in [1.82, 2.24) is 25.4 Å². The van der Waals surface area contributed by atoms with E-state index in [4.69, 9.17) is 4.74 Å². The van der Waals surface area contributed by atoms with Gasteiger partial charge in [0, 0.05) is 88.0 Å². The highest BCUT2D eigenvalue weighted by Gasteiger charge is 2.46. The lowest BCUT2D eigenvalue weighted by Gasteiger charge is -2.44. The maximum absolute atomic E-state index is 14.1. The van der Waals surface area contributed by atoms with Crippen LogP contribution >= 0.6 is 0 Å². The van der Waals surface area contributed by atoms with Crippen LogP contribution in [-0.4, -0.2) is 109 Å². The number of amides is 5. The Labute approximate surface area is 367 Å². The first kappa shape index (κ1) is 42.6. The number of piperidine rings is 2. The largest absolute Gasteiger partial charge is 0.494 e. The zero-order valence-electron chi connectivity index (χ0n) is 35.3. The molecule has 4 N–H and O–H groups in total. The van der Waals surface area contributed by atoms with Gasteiger partial charge in [0.15, 0.2) is 0 Å². The van der Waals surface area contributed by atoms with Crippen LogP contribution in [-0.2, 0) is 15.8 Å². The van der Waals surface area contributed by atoms with Crippen LogP contribution in [0.2, 0.25) is 0 Å². The number of alkyl halides is 3. The van der Waals surface area contributed by atoms with Gasteiger partial charge < -0.3 is 30.5 Å². The molecule has 0 saturated carbocycles. The number of hydrogen-bond acceptors (Lipinski definition) is 12. The van der Waals surface area contributed by atoms with Gasteiger partial charge in [0.05, 0.1) is 46.4 Å². The molecule has 5 amide bonds. The van der Waals surface area contributed by atoms with Crippen molar-refractivity contribution in [3.05, 3.63) is 95.2 Å². The van der Waals surface area contributed by atoms with Gasteiger partial charge in [-0.15, -0.1) is 0 Å². The summed E-state index contributed by atoms with van der Waals surface area (Å²) in [4.78, 5) is 75.8. The lowest BCUT2D eigenvalue weighted by atomic mass is 9.95. The molecule has 18 heteroatoms. The third-order valence-corrected chi connectivity index (χ3v) is 13.1. The number of methoxy groups -OCH3 is 1. The molecule has 0 spiro atoms. The molecule has 9 rings (SSSR count). The Morgan fingerprint density at radius 2 is 1.55 bits per heavy atom. The summed E-state index contributed by atoms with van der Waals surface area (Å²) in [5.74, 6) is -1.33. The zero-order valence-corrected chi connectivity index (χ0v) is 35.3. The fraction of sp³-hybridized carbons (Fsp3) is 0.391. The Kier molecular flexibility index (Phi) is 11.4. The minimum absolute atomic E-state index is 0.0720. The van der Waals surface area contributed by atoms with Crippen LogP contribution in [0, 0.1) is 5.92 Å². The molecule has 3 unspecified atom stereocenters. The number of likely N-dealkylation sites (tertiary alicyclic amines) is 1. The molecular formula is C46H48F3N9O6. The molecule has 4 fully saturated rings. The van der Waals surface area contributed by atoms with E-state index in [-0.39, 0.29) is 53.2 Å². The molecule has 6 heterocycles. The van der Waals surface area contributed by atoms with E-state index in [1.807, 2.05) is 24.3 Å². The summed E-state index contributed by atoms with van der Waals surface area (Å²) in [6.07, 6.45) is 0.284. The Balaban J connectivity index is 0.811. The van der Waals surface area contributed by atoms with Crippen LogP contribution in [0.1, 0.15) is 75.2 Å². The number of hydrogen-bond donors (Lipinski definition) is 4. The Bertz CT molecular complexity index is 2510. The minimum Gasteiger partial charge on any atom is -0.494 e. The van der Waals surface area contributed by atoms with Crippen molar-refractivity contribution in [1.29, 1.82) is 0 Å². The van der Waals surface area contributed by atoms with E-state index >= 15 is 0 Å². The van der Waals surface area contributed by atoms with Crippen LogP contribution in [0.25, 0.3) is 0 Å². The Hall–Kier alpha value is -6.69. The normalized spacial score (nSPS) is 21.5. The monoisotopic (exact) mass is 879 g/mol. The fourth-order valence-corrected chi connectivity index (χ4v) is 9.96. The number of nitrogens with one attached hydrogen (secondary N) is 4. The Morgan fingerprint density at radius 1 is 0.828 bits per heavy atom. The first-order valence-electron chi connectivity index (χ1n) is 21.5. The van der Waals surface area contributed by atoms with E-state index in [9.17, 15) is 37.1 Å². The number of piperazine rings is 1. The van der Waals surface area contributed by atoms with Crippen LogP contribution < -0.4 is 35.8 Å². The van der Waals surface area contributed by atoms with Gasteiger partial charge in [0.25, 0.3) is 17.7 Å². The fourth-order valence-electron chi connectivity index (χ4n) is 9.96. The van der Waals surface area contributed by atoms with Gasteiger partial charge in [0.1, 0.15) is 17.6 Å². The number of carbonyl (C=O) groups excluding carboxylic acids is 5. The number of carbonyl (C=O) groups is 5. The highest BCUT2D eigenvalue weighted by atomic mass is 19.4. The summed E-state index contributed by atoms with van der Waals surface area (Å²) in [5.41, 5.74) is 2.11. The lowest BCUT2D eigenvalue weighted by molar-refractivity contribution is -0.137. The van der Waals surface area contributed by atoms with Crippen LogP contribution in [0.4, 0.5) is 47.4 Å². The predicted octanol–water partition coefficient (Wildman–Crippen LogP) is 5.93. The van der Waals surface area contributed by atoms with Crippen molar-refractivity contribution in [3.63, 3.8) is 0 Å². The number of nitrogens with zero attached hydrogens (tertiary/aromatic N) is 5. The minimum atomic E-state index is -4.71. The molecule has 1 aromatic heterocycles. The van der Waals surface area contributed by atoms with Gasteiger partial charge in [-0.3, -0.25) is 39.1 Å². The van der Waals surface area contributed by atoms with Crippen molar-refractivity contribution in [2.75, 3.05) is 67.3 Å². The van der Waals surface area contributed by atoms with Gasteiger partial charge >= 0.3 is 6.18 Å². The van der Waals surface area contributed by atoms with Gasteiger partial charge in [-0.25, -0.2) is 4.98 Å². The molecule has 5 aliphatic rings. The van der Waals surface area contributed by atoms with E-state index in [1.54, 1.807) is 24.3 Å². The number of para-hydroxylation sites is 1. The highest BCUT2D eigenvalue weighted by molar-refractivity contribution is 6.23. The van der Waals surface area contributed by atoms with Gasteiger partial charge in [-0.05, 0) is 80.5 Å². The third-order valence-electron chi connectivity index (χ3n) is 13.1. The Morgan fingerprint density at radius 3 is 2.25 bits per heavy atom. The average Bonchev–Trinajstić information content (AvgIpc) is 3.69. The SMILES string of the molecule is CNC(=O)c1ccccc1Nc1cc(Nc2ccc(N3CCC(CN4CC5CCC(C4)N5c4ccc5c(c4)C(=O)N(C4CCC(=O)NC4=O)C5=O)CC3)cc2OC)ncc1C(F)(F)F. The standard InChI is InChI=1S/C46H48F3N9O6/c1-50-42(60)32-5-3-4-6-35(32)52-37-21-40(51-22-34(37)46(47,48)49)53-36-12-10-27(20-39(36)64-2)56-17-15-26(16-18-56)23-55-24-29-7-8-30(25-55)57(29)28-9-11-31-33(19-28)45(63)58(44(31)62)38-13-14-41(59)54-43(38)61/h3-6,9-12,19-22,26,29-30,38H,7-8,13-18,23-25H2,1-2H3,(H,50,60)(H2,51,52,53)(H,54,59,61). The molecular weight excluding hydrogens is 832 g/mol. The summed E-state index contributed by atoms with van der Waals surface area (Å²) in [6.45, 7) is 4.45. The third kappa shape index (κ3) is 8.17. The van der Waals surface area contributed by atoms with E-state index in [0.29, 0.717) is 22.9 Å². The predicted molar refractivity (Wildman–Crippen MR) is 232 cm³/mol. The lowest BCUT2D eigenvalue weighted by Crippen LogP contribution is -2.55. The summed E-state index contributed by atoms with van der Waals surface area (Å²) in [5, 5.41) is 10.7. The summed E-state index contributed by atoms with van der Waals surface area (Å²) < 4.78 is 48.0. The van der Waals surface area contributed by atoms with Crippen molar-refractivity contribution < 1.29 is 41.9 Å². The molecule has 15 nitrogen and oxygen atoms in total. The smallest absolute Gasteiger partial charge is 0.419 e. The first-order valence-corrected chi connectivity index (χ1v) is 21.5. The molecule has 0 radical (unpaired) electrons. The number of halogens is 3. The molecule has 4 aromatic rings. The van der Waals surface area contributed by atoms with E-state index in [1.165, 1.54) is 32.4 Å². The average molecular weight is 880 g/mol. The number of ether oxygens (including phenoxy) is 1. The van der Waals surface area contributed by atoms with Crippen molar-refractivity contribution >= 4 is 63.8 Å². The molecule has 5 aliphatic heterocycles. The van der Waals surface area contributed by atoms with Gasteiger partial charge in [0.2, 0.25) is 11.8 Å². The van der Waals surface area contributed by atoms with E-state index < -0.39 is 47.3 Å². The maximum atomic E-state index is 14.1. The van der Waals surface area contributed by atoms with Crippen LogP contribution in [0.3, 0.4) is 0 Å². The van der Waals surface area contributed by atoms with Gasteiger partial charge in [-0.1, -0.05) is 12.1 Å². The van der Waals surface area contributed by atoms with Gasteiger partial charge in [-0.2, -0.15) is 13.2 Å². The molecule has 64 heavy (non-hydrogen) atoms. The molecule has 3 aromatic carbocycles. The number of rotatable bonds is 11. The molecule has 334 valence electrons. The molecule has 2 bridgehead atoms. The van der Waals surface area contributed by atoms with Crippen molar-refractivity contribution in [2.24, 2.45) is 5.92 Å². The number of imide groups is 2. The summed E-state index contributed by atoms with van der Waals surface area (Å²) in [6, 6.07) is 18.2. The first-order chi connectivity index (χ1) is 30.8. The van der Waals surface area contributed by atoms with Crippen molar-refractivity contribution in [3.8, 4) is 5.75 Å². The highest BCUT2D eigenvalue weighted by Crippen LogP contribution is 2.41. The summed E-state index contributed by atoms with van der Waals surface area (Å²) in [7, 11) is 2.98. The van der Waals surface area contributed by atoms with E-state index in [0.717, 1.165) is 80.9 Å². The second-order valence-electron chi connectivity index (χ2n) is 17.0. The second kappa shape index (κ2) is 17.1. The number of aromatic nitrogens is 1.